The molecule has 0 heterocycles. The third-order valence-corrected chi connectivity index (χ3v) is 2.88. The summed E-state index contributed by atoms with van der Waals surface area (Å²) in [4.78, 5) is 11.8. The molecule has 92 valence electrons. The van der Waals surface area contributed by atoms with Crippen molar-refractivity contribution in [3.05, 3.63) is 30.4 Å². The first kappa shape index (κ1) is 13.4. The van der Waals surface area contributed by atoms with E-state index in [0.717, 1.165) is 0 Å². The molecule has 1 rings (SSSR count). The minimum absolute atomic E-state index is 0.0153. The number of benzene rings is 1. The van der Waals surface area contributed by atoms with Crippen LogP contribution in [0.1, 0.15) is 13.8 Å². The number of rotatable bonds is 4. The molecule has 2 N–H and O–H groups in total. The molecule has 0 saturated heterocycles. The van der Waals surface area contributed by atoms with E-state index >= 15 is 0 Å². The van der Waals surface area contributed by atoms with Crippen LogP contribution >= 0.6 is 11.8 Å². The van der Waals surface area contributed by atoms with Gasteiger partial charge in [0.25, 0.3) is 0 Å². The second-order valence-corrected chi connectivity index (χ2v) is 4.86. The van der Waals surface area contributed by atoms with E-state index in [4.69, 9.17) is 9.84 Å². The van der Waals surface area contributed by atoms with Crippen molar-refractivity contribution in [1.82, 2.24) is 0 Å². The van der Waals surface area contributed by atoms with Crippen molar-refractivity contribution < 1.29 is 19.7 Å². The number of thioether (sulfide) groups is 1. The molecule has 0 saturated carbocycles. The Kier molecular flexibility index (Phi) is 4.45. The van der Waals surface area contributed by atoms with Gasteiger partial charge in [0.15, 0.2) is 0 Å². The lowest BCUT2D eigenvalue weighted by Crippen LogP contribution is -2.11. The summed E-state index contributed by atoms with van der Waals surface area (Å²) in [5.74, 6) is -0.532. The Bertz CT molecular complexity index is 442. The second-order valence-electron chi connectivity index (χ2n) is 3.52. The number of carbonyl (C=O) groups excluding carboxylic acids is 1. The Morgan fingerprint density at radius 1 is 1.47 bits per heavy atom. The van der Waals surface area contributed by atoms with Crippen LogP contribution in [0, 0.1) is 0 Å². The lowest BCUT2D eigenvalue weighted by Gasteiger charge is -2.13. The van der Waals surface area contributed by atoms with Gasteiger partial charge in [0, 0.05) is 11.6 Å². The molecular formula is C12H14O4S. The highest BCUT2D eigenvalue weighted by Crippen LogP contribution is 2.34. The summed E-state index contributed by atoms with van der Waals surface area (Å²) >= 11 is 1.18. The van der Waals surface area contributed by atoms with Crippen molar-refractivity contribution in [2.24, 2.45) is 0 Å². The predicted molar refractivity (Wildman–Crippen MR) is 66.0 cm³/mol. The van der Waals surface area contributed by atoms with Crippen LogP contribution in [0.15, 0.2) is 35.2 Å². The lowest BCUT2D eigenvalue weighted by molar-refractivity contribution is -0.139. The number of aromatic hydroxyl groups is 2. The van der Waals surface area contributed by atoms with Gasteiger partial charge in [-0.2, -0.15) is 0 Å². The molecule has 0 aliphatic rings. The molecule has 0 aliphatic carbocycles. The van der Waals surface area contributed by atoms with Gasteiger partial charge in [0.1, 0.15) is 16.9 Å². The predicted octanol–water partition coefficient (Wildman–Crippen LogP) is 2.66. The van der Waals surface area contributed by atoms with Gasteiger partial charge >= 0.3 is 5.97 Å². The van der Waals surface area contributed by atoms with Gasteiger partial charge in [-0.25, -0.2) is 4.79 Å². The Morgan fingerprint density at radius 3 is 2.65 bits per heavy atom. The number of ether oxygens (including phenoxy) is 1. The summed E-state index contributed by atoms with van der Waals surface area (Å²) in [5.41, 5.74) is -0.123. The molecule has 0 radical (unpaired) electrons. The first-order valence-electron chi connectivity index (χ1n) is 4.95. The summed E-state index contributed by atoms with van der Waals surface area (Å²) in [5, 5.41) is 18.7. The Balaban J connectivity index is 2.65. The molecule has 0 fully saturated rings. The Hall–Kier alpha value is -1.62. The average Bonchev–Trinajstić information content (AvgIpc) is 2.22. The maximum atomic E-state index is 11.2. The minimum atomic E-state index is -0.469. The van der Waals surface area contributed by atoms with Crippen molar-refractivity contribution in [3.8, 4) is 11.5 Å². The van der Waals surface area contributed by atoms with Crippen molar-refractivity contribution in [1.29, 1.82) is 0 Å². The molecule has 5 heteroatoms. The second kappa shape index (κ2) is 5.63. The zero-order valence-electron chi connectivity index (χ0n) is 9.64. The van der Waals surface area contributed by atoms with Crippen molar-refractivity contribution in [2.75, 3.05) is 0 Å². The summed E-state index contributed by atoms with van der Waals surface area (Å²) in [6.45, 7) is 6.74. The molecule has 0 aromatic heterocycles. The summed E-state index contributed by atoms with van der Waals surface area (Å²) in [7, 11) is 0. The minimum Gasteiger partial charge on any atom is -0.508 e. The number of carbonyl (C=O) groups is 1. The van der Waals surface area contributed by atoms with Crippen LogP contribution in [-0.4, -0.2) is 21.6 Å². The third-order valence-electron chi connectivity index (χ3n) is 1.86. The van der Waals surface area contributed by atoms with Gasteiger partial charge in [0.2, 0.25) is 0 Å². The highest BCUT2D eigenvalue weighted by Gasteiger charge is 2.13. The Labute approximate surface area is 104 Å². The first-order valence-corrected chi connectivity index (χ1v) is 5.83. The molecule has 1 atom stereocenters. The molecule has 1 unspecified atom stereocenters. The Morgan fingerprint density at radius 2 is 2.12 bits per heavy atom. The lowest BCUT2D eigenvalue weighted by atomic mass is 10.3. The molecule has 1 aromatic rings. The van der Waals surface area contributed by atoms with Crippen LogP contribution in [0.2, 0.25) is 0 Å². The number of phenols is 2. The molecular weight excluding hydrogens is 240 g/mol. The average molecular weight is 254 g/mol. The molecule has 0 aliphatic heterocycles. The van der Waals surface area contributed by atoms with Crippen molar-refractivity contribution in [2.45, 2.75) is 24.2 Å². The maximum absolute atomic E-state index is 11.2. The van der Waals surface area contributed by atoms with Crippen molar-refractivity contribution >= 4 is 17.7 Å². The topological polar surface area (TPSA) is 66.8 Å². The molecule has 0 spiro atoms. The van der Waals surface area contributed by atoms with Gasteiger partial charge < -0.3 is 14.9 Å². The smallest absolute Gasteiger partial charge is 0.334 e. The number of esters is 1. The monoisotopic (exact) mass is 254 g/mol. The van der Waals surface area contributed by atoms with E-state index in [0.29, 0.717) is 10.5 Å². The summed E-state index contributed by atoms with van der Waals surface area (Å²) in [6, 6.07) is 4.24. The SMILES string of the molecule is C=C(C)C(=O)OC(C)Sc1ccc(O)cc1O. The highest BCUT2D eigenvalue weighted by atomic mass is 32.2. The number of phenolic OH excluding ortho intramolecular Hbond substituents is 2. The normalized spacial score (nSPS) is 11.9. The molecule has 17 heavy (non-hydrogen) atoms. The third kappa shape index (κ3) is 4.03. The van der Waals surface area contributed by atoms with E-state index in [2.05, 4.69) is 6.58 Å². The number of hydrogen-bond donors (Lipinski definition) is 2. The molecule has 0 amide bonds. The van der Waals surface area contributed by atoms with E-state index in [1.54, 1.807) is 19.9 Å². The standard InChI is InChI=1S/C12H14O4S/c1-7(2)12(15)16-8(3)17-11-5-4-9(13)6-10(11)14/h4-6,8,13-14H,1H2,2-3H3. The van der Waals surface area contributed by atoms with Crippen LogP contribution < -0.4 is 0 Å². The van der Waals surface area contributed by atoms with E-state index in [9.17, 15) is 9.90 Å². The van der Waals surface area contributed by atoms with E-state index < -0.39 is 11.4 Å². The quantitative estimate of drug-likeness (QED) is 0.374. The van der Waals surface area contributed by atoms with Crippen LogP contribution in [0.3, 0.4) is 0 Å². The fraction of sp³-hybridized carbons (Fsp3) is 0.250. The van der Waals surface area contributed by atoms with E-state index in [-0.39, 0.29) is 11.5 Å². The van der Waals surface area contributed by atoms with Gasteiger partial charge in [-0.1, -0.05) is 18.3 Å². The molecule has 4 nitrogen and oxygen atoms in total. The van der Waals surface area contributed by atoms with Crippen molar-refractivity contribution in [3.63, 3.8) is 0 Å². The first-order chi connectivity index (χ1) is 7.90. The van der Waals surface area contributed by atoms with Gasteiger partial charge in [-0.05, 0) is 26.0 Å². The van der Waals surface area contributed by atoms with Crippen LogP contribution in [0.25, 0.3) is 0 Å². The van der Waals surface area contributed by atoms with Gasteiger partial charge in [-0.15, -0.1) is 0 Å². The molecule has 1 aromatic carbocycles. The van der Waals surface area contributed by atoms with Gasteiger partial charge in [-0.3, -0.25) is 0 Å². The van der Waals surface area contributed by atoms with Crippen LogP contribution in [0.5, 0.6) is 11.5 Å². The van der Waals surface area contributed by atoms with Crippen LogP contribution in [-0.2, 0) is 9.53 Å². The van der Waals surface area contributed by atoms with Gasteiger partial charge in [0.05, 0.1) is 4.90 Å². The maximum Gasteiger partial charge on any atom is 0.334 e. The zero-order chi connectivity index (χ0) is 13.0. The highest BCUT2D eigenvalue weighted by molar-refractivity contribution is 7.99. The fourth-order valence-electron chi connectivity index (χ4n) is 1.06. The molecule has 0 bridgehead atoms. The summed E-state index contributed by atoms with van der Waals surface area (Å²) < 4.78 is 5.05. The largest absolute Gasteiger partial charge is 0.508 e. The summed E-state index contributed by atoms with van der Waals surface area (Å²) in [6.07, 6.45) is 0. The van der Waals surface area contributed by atoms with E-state index in [1.165, 1.54) is 23.9 Å². The van der Waals surface area contributed by atoms with Crippen LogP contribution in [0.4, 0.5) is 0 Å². The number of hydrogen-bond acceptors (Lipinski definition) is 5. The fourth-order valence-corrected chi connectivity index (χ4v) is 1.88. The zero-order valence-corrected chi connectivity index (χ0v) is 10.5. The van der Waals surface area contributed by atoms with E-state index in [1.807, 2.05) is 0 Å².